The number of benzene rings is 11. The van der Waals surface area contributed by atoms with Gasteiger partial charge in [0.05, 0.1) is 33.3 Å². The molecule has 2 heterocycles. The highest BCUT2D eigenvalue weighted by molar-refractivity contribution is 7.26. The third-order valence-electron chi connectivity index (χ3n) is 16.7. The molecule has 328 valence electrons. The van der Waals surface area contributed by atoms with Crippen LogP contribution in [0.5, 0.6) is 0 Å². The summed E-state index contributed by atoms with van der Waals surface area (Å²) in [5.74, 6) is 0. The second kappa shape index (κ2) is 13.5. The van der Waals surface area contributed by atoms with Crippen molar-refractivity contribution in [2.45, 2.75) is 10.8 Å². The van der Waals surface area contributed by atoms with Gasteiger partial charge >= 0.3 is 0 Å². The normalized spacial score (nSPS) is 14.4. The van der Waals surface area contributed by atoms with Crippen LogP contribution >= 0.6 is 11.3 Å². The molecule has 4 aliphatic rings. The minimum Gasteiger partial charge on any atom is -0.455 e. The van der Waals surface area contributed by atoms with E-state index >= 15 is 0 Å². The Bertz CT molecular complexity index is 4420. The van der Waals surface area contributed by atoms with Crippen molar-refractivity contribution in [2.75, 3.05) is 4.90 Å². The fourth-order valence-electron chi connectivity index (χ4n) is 14.3. The van der Waals surface area contributed by atoms with Gasteiger partial charge in [-0.2, -0.15) is 0 Å². The van der Waals surface area contributed by atoms with Crippen LogP contribution in [0.3, 0.4) is 0 Å². The van der Waals surface area contributed by atoms with Crippen molar-refractivity contribution in [2.24, 2.45) is 0 Å². The zero-order valence-electron chi connectivity index (χ0n) is 38.3. The molecule has 0 fully saturated rings. The number of nitrogens with zero attached hydrogens (tertiary/aromatic N) is 1. The van der Waals surface area contributed by atoms with E-state index in [0.717, 1.165) is 39.0 Å². The van der Waals surface area contributed by atoms with Crippen molar-refractivity contribution in [3.8, 4) is 44.5 Å². The summed E-state index contributed by atoms with van der Waals surface area (Å²) < 4.78 is 9.96. The molecule has 4 aliphatic carbocycles. The summed E-state index contributed by atoms with van der Waals surface area (Å²) in [4.78, 5) is 2.59. The molecule has 0 unspecified atom stereocenters. The fraction of sp³-hybridized carbons (Fsp3) is 0.0294. The van der Waals surface area contributed by atoms with E-state index in [0.29, 0.717) is 0 Å². The van der Waals surface area contributed by atoms with Gasteiger partial charge in [0.25, 0.3) is 0 Å². The largest absolute Gasteiger partial charge is 0.455 e. The number of hydrogen-bond acceptors (Lipinski definition) is 3. The Labute approximate surface area is 414 Å². The van der Waals surface area contributed by atoms with Crippen molar-refractivity contribution in [3.05, 3.63) is 281 Å². The van der Waals surface area contributed by atoms with Crippen LogP contribution in [0, 0.1) is 0 Å². The van der Waals surface area contributed by atoms with Gasteiger partial charge in [0, 0.05) is 36.7 Å². The highest BCUT2D eigenvalue weighted by atomic mass is 32.1. The molecule has 11 aromatic carbocycles. The van der Waals surface area contributed by atoms with E-state index in [9.17, 15) is 0 Å². The number of rotatable bonds is 3. The van der Waals surface area contributed by atoms with Gasteiger partial charge in [-0.1, -0.05) is 200 Å². The van der Waals surface area contributed by atoms with Crippen molar-refractivity contribution >= 4 is 70.5 Å². The molecule has 2 aromatic heterocycles. The molecule has 0 atom stereocenters. The Morgan fingerprint density at radius 1 is 0.296 bits per heavy atom. The lowest BCUT2D eigenvalue weighted by Gasteiger charge is -2.32. The van der Waals surface area contributed by atoms with Crippen LogP contribution in [-0.4, -0.2) is 0 Å². The van der Waals surface area contributed by atoms with Crippen LogP contribution in [0.4, 0.5) is 17.1 Å². The zero-order chi connectivity index (χ0) is 46.2. The van der Waals surface area contributed by atoms with Gasteiger partial charge in [-0.15, -0.1) is 11.3 Å². The number of fused-ring (bicyclic) bond motifs is 27. The van der Waals surface area contributed by atoms with E-state index in [4.69, 9.17) is 4.42 Å². The standard InChI is InChI=1S/C68H39NOS/c1-8-25-48-40(18-1)41-19-2-9-26-49(41)67(48)52-29-12-5-22-44(52)62-54(67)31-15-32-56(62)69(58-34-17-37-61-65(58)46-24-7-14-36-60(46)71-61)57-33-16-35-59-64(57)47-38-39-55-63(66(47)70-59)45-23-6-13-30-53(45)68(55)50-27-10-3-20-42(50)43-21-4-11-28-51(43)68/h1-39H. The van der Waals surface area contributed by atoms with Gasteiger partial charge in [0.2, 0.25) is 0 Å². The van der Waals surface area contributed by atoms with Crippen LogP contribution in [0.15, 0.2) is 241 Å². The molecule has 3 heteroatoms. The molecule has 0 bridgehead atoms. The van der Waals surface area contributed by atoms with E-state index in [-0.39, 0.29) is 0 Å². The second-order valence-corrected chi connectivity index (χ2v) is 20.8. The average molecular weight is 918 g/mol. The van der Waals surface area contributed by atoms with Gasteiger partial charge in [-0.25, -0.2) is 0 Å². The summed E-state index contributed by atoms with van der Waals surface area (Å²) in [7, 11) is 0. The van der Waals surface area contributed by atoms with E-state index in [1.165, 1.54) is 109 Å². The maximum Gasteiger partial charge on any atom is 0.143 e. The van der Waals surface area contributed by atoms with E-state index in [1.54, 1.807) is 0 Å². The van der Waals surface area contributed by atoms with Crippen LogP contribution in [0.2, 0.25) is 0 Å². The van der Waals surface area contributed by atoms with E-state index < -0.39 is 10.8 Å². The lowest BCUT2D eigenvalue weighted by Crippen LogP contribution is -2.26. The summed E-state index contributed by atoms with van der Waals surface area (Å²) in [6.45, 7) is 0. The van der Waals surface area contributed by atoms with Crippen LogP contribution in [-0.2, 0) is 10.8 Å². The molecule has 0 N–H and O–H groups in total. The van der Waals surface area contributed by atoms with Crippen molar-refractivity contribution in [1.29, 1.82) is 0 Å². The summed E-state index contributed by atoms with van der Waals surface area (Å²) in [6, 6.07) is 88.8. The Hall–Kier alpha value is -8.76. The van der Waals surface area contributed by atoms with E-state index in [1.807, 2.05) is 11.3 Å². The Morgan fingerprint density at radius 3 is 1.32 bits per heavy atom. The van der Waals surface area contributed by atoms with Crippen LogP contribution < -0.4 is 4.90 Å². The molecule has 2 spiro atoms. The zero-order valence-corrected chi connectivity index (χ0v) is 39.1. The van der Waals surface area contributed by atoms with Gasteiger partial charge in [-0.3, -0.25) is 0 Å². The van der Waals surface area contributed by atoms with Crippen LogP contribution in [0.1, 0.15) is 44.5 Å². The molecule has 0 saturated carbocycles. The SMILES string of the molecule is c1ccc2c(c1)-c1ccccc1C21c2ccccc2-c2c(N(c3cccc4oc5c6c(ccc5c34)C3(c4ccccc4-c4ccccc43)c3ccccc3-6)c3cccc4sc5ccccc5c34)cccc21. The quantitative estimate of drug-likeness (QED) is 0.176. The number of thiophene rings is 1. The second-order valence-electron chi connectivity index (χ2n) is 19.7. The van der Waals surface area contributed by atoms with Crippen LogP contribution in [0.25, 0.3) is 86.6 Å². The molecule has 13 aromatic rings. The molecule has 0 saturated heterocycles. The Morgan fingerprint density at radius 2 is 0.718 bits per heavy atom. The van der Waals surface area contributed by atoms with Gasteiger partial charge in [0.15, 0.2) is 0 Å². The fourth-order valence-corrected chi connectivity index (χ4v) is 15.4. The first-order chi connectivity index (χ1) is 35.3. The van der Waals surface area contributed by atoms with Crippen molar-refractivity contribution < 1.29 is 4.42 Å². The van der Waals surface area contributed by atoms with Crippen molar-refractivity contribution in [1.82, 2.24) is 0 Å². The summed E-state index contributed by atoms with van der Waals surface area (Å²) in [5, 5.41) is 4.72. The molecular formula is C68H39NOS. The van der Waals surface area contributed by atoms with Crippen molar-refractivity contribution in [3.63, 3.8) is 0 Å². The first kappa shape index (κ1) is 38.1. The first-order valence-corrected chi connectivity index (χ1v) is 25.5. The summed E-state index contributed by atoms with van der Waals surface area (Å²) in [6.07, 6.45) is 0. The number of hydrogen-bond donors (Lipinski definition) is 0. The molecule has 17 rings (SSSR count). The topological polar surface area (TPSA) is 16.4 Å². The monoisotopic (exact) mass is 917 g/mol. The first-order valence-electron chi connectivity index (χ1n) is 24.7. The maximum absolute atomic E-state index is 7.41. The predicted octanol–water partition coefficient (Wildman–Crippen LogP) is 18.1. The predicted molar refractivity (Wildman–Crippen MR) is 294 cm³/mol. The minimum absolute atomic E-state index is 0.470. The van der Waals surface area contributed by atoms with Gasteiger partial charge < -0.3 is 9.32 Å². The van der Waals surface area contributed by atoms with E-state index in [2.05, 4.69) is 241 Å². The third-order valence-corrected chi connectivity index (χ3v) is 17.8. The summed E-state index contributed by atoms with van der Waals surface area (Å²) >= 11 is 1.87. The smallest absolute Gasteiger partial charge is 0.143 e. The minimum atomic E-state index is -0.488. The molecule has 2 nitrogen and oxygen atoms in total. The molecule has 0 aliphatic heterocycles. The highest BCUT2D eigenvalue weighted by Crippen LogP contribution is 2.67. The number of furan rings is 1. The Kier molecular flexibility index (Phi) is 7.26. The highest BCUT2D eigenvalue weighted by Gasteiger charge is 2.54. The summed E-state index contributed by atoms with van der Waals surface area (Å²) in [5.41, 5.74) is 24.9. The van der Waals surface area contributed by atoms with Gasteiger partial charge in [0.1, 0.15) is 11.2 Å². The average Bonchev–Trinajstić information content (AvgIpc) is 4.27. The number of anilines is 3. The lowest BCUT2D eigenvalue weighted by molar-refractivity contribution is 0.669. The van der Waals surface area contributed by atoms with Gasteiger partial charge in [-0.05, 0) is 114 Å². The lowest BCUT2D eigenvalue weighted by atomic mass is 9.70. The molecule has 71 heavy (non-hydrogen) atoms. The molecule has 0 radical (unpaired) electrons. The molecular weight excluding hydrogens is 879 g/mol. The Balaban J connectivity index is 0.991. The molecule has 0 amide bonds. The third kappa shape index (κ3) is 4.47. The maximum atomic E-state index is 7.41.